The highest BCUT2D eigenvalue weighted by atomic mass is 32.1. The zero-order valence-corrected chi connectivity index (χ0v) is 13.2. The summed E-state index contributed by atoms with van der Waals surface area (Å²) in [7, 11) is 1.92. The summed E-state index contributed by atoms with van der Waals surface area (Å²) in [5, 5.41) is 8.45. The summed E-state index contributed by atoms with van der Waals surface area (Å²) in [6.45, 7) is 6.42. The van der Waals surface area contributed by atoms with Crippen LogP contribution < -0.4 is 11.3 Å². The fraction of sp³-hybridized carbons (Fsp3) is 0.615. The first kappa shape index (κ1) is 15.1. The number of hydrogen-bond donors (Lipinski definition) is 2. The molecule has 2 heterocycles. The van der Waals surface area contributed by atoms with Crippen LogP contribution in [0.1, 0.15) is 49.4 Å². The van der Waals surface area contributed by atoms with Gasteiger partial charge in [0.15, 0.2) is 0 Å². The minimum absolute atomic E-state index is 0.0221. The van der Waals surface area contributed by atoms with Crippen LogP contribution in [0.2, 0.25) is 0 Å². The van der Waals surface area contributed by atoms with Gasteiger partial charge in [0, 0.05) is 18.7 Å². The molecule has 0 radical (unpaired) electrons. The van der Waals surface area contributed by atoms with Crippen molar-refractivity contribution in [2.24, 2.45) is 12.9 Å². The molecule has 0 aliphatic heterocycles. The lowest BCUT2D eigenvalue weighted by Gasteiger charge is -2.21. The van der Waals surface area contributed by atoms with E-state index in [-0.39, 0.29) is 11.5 Å². The van der Waals surface area contributed by atoms with E-state index in [2.05, 4.69) is 40.9 Å². The molecule has 6 nitrogen and oxygen atoms in total. The van der Waals surface area contributed by atoms with E-state index in [9.17, 15) is 0 Å². The van der Waals surface area contributed by atoms with Crippen LogP contribution in [0.5, 0.6) is 0 Å². The second kappa shape index (κ2) is 5.99. The quantitative estimate of drug-likeness (QED) is 0.648. The zero-order valence-electron chi connectivity index (χ0n) is 12.4. The number of hydrogen-bond acceptors (Lipinski definition) is 6. The molecule has 2 rings (SSSR count). The second-order valence-electron chi connectivity index (χ2n) is 6.02. The highest BCUT2D eigenvalue weighted by Gasteiger charge is 2.26. The van der Waals surface area contributed by atoms with Crippen molar-refractivity contribution in [1.29, 1.82) is 0 Å². The van der Waals surface area contributed by atoms with E-state index >= 15 is 0 Å². The number of rotatable bonds is 5. The van der Waals surface area contributed by atoms with Gasteiger partial charge in [-0.2, -0.15) is 5.10 Å². The molecule has 0 amide bonds. The lowest BCUT2D eigenvalue weighted by molar-refractivity contribution is 0.495. The Bertz CT molecular complexity index is 553. The van der Waals surface area contributed by atoms with Crippen molar-refractivity contribution in [1.82, 2.24) is 24.8 Å². The van der Waals surface area contributed by atoms with Crippen molar-refractivity contribution >= 4 is 11.5 Å². The largest absolute Gasteiger partial charge is 0.276 e. The molecule has 110 valence electrons. The van der Waals surface area contributed by atoms with E-state index in [1.165, 1.54) is 17.1 Å². The summed E-state index contributed by atoms with van der Waals surface area (Å²) < 4.78 is 5.91. The molecule has 3 N–H and O–H groups in total. The minimum atomic E-state index is -0.0221. The molecule has 0 aromatic carbocycles. The normalized spacial score (nSPS) is 13.7. The highest BCUT2D eigenvalue weighted by molar-refractivity contribution is 7.05. The Morgan fingerprint density at radius 3 is 2.75 bits per heavy atom. The second-order valence-corrected chi connectivity index (χ2v) is 6.80. The van der Waals surface area contributed by atoms with Gasteiger partial charge in [-0.3, -0.25) is 16.0 Å². The minimum Gasteiger partial charge on any atom is -0.276 e. The van der Waals surface area contributed by atoms with Crippen molar-refractivity contribution < 1.29 is 0 Å². The van der Waals surface area contributed by atoms with Gasteiger partial charge in [0.05, 0.1) is 22.8 Å². The van der Waals surface area contributed by atoms with Gasteiger partial charge >= 0.3 is 0 Å². The lowest BCUT2D eigenvalue weighted by atomic mass is 9.89. The summed E-state index contributed by atoms with van der Waals surface area (Å²) in [5.74, 6) is 5.73. The Labute approximate surface area is 123 Å². The molecular formula is C13H22N6S. The molecule has 0 saturated heterocycles. The van der Waals surface area contributed by atoms with Gasteiger partial charge in [0.25, 0.3) is 0 Å². The van der Waals surface area contributed by atoms with E-state index in [4.69, 9.17) is 5.84 Å². The molecule has 0 saturated carbocycles. The maximum absolute atomic E-state index is 5.73. The molecule has 1 atom stereocenters. The predicted molar refractivity (Wildman–Crippen MR) is 80.2 cm³/mol. The van der Waals surface area contributed by atoms with Crippen molar-refractivity contribution in [2.45, 2.75) is 45.1 Å². The molecule has 1 unspecified atom stereocenters. The predicted octanol–water partition coefficient (Wildman–Crippen LogP) is 1.71. The van der Waals surface area contributed by atoms with E-state index in [1.807, 2.05) is 24.1 Å². The number of nitrogens with zero attached hydrogens (tertiary/aromatic N) is 4. The van der Waals surface area contributed by atoms with Crippen LogP contribution >= 0.6 is 11.5 Å². The Morgan fingerprint density at radius 1 is 1.45 bits per heavy atom. The van der Waals surface area contributed by atoms with Crippen molar-refractivity contribution in [2.75, 3.05) is 0 Å². The third-order valence-electron chi connectivity index (χ3n) is 3.22. The van der Waals surface area contributed by atoms with Crippen LogP contribution in [-0.2, 0) is 18.9 Å². The Kier molecular flexibility index (Phi) is 4.52. The van der Waals surface area contributed by atoms with Crippen molar-refractivity contribution in [3.63, 3.8) is 0 Å². The van der Waals surface area contributed by atoms with Gasteiger partial charge in [-0.15, -0.1) is 5.10 Å². The molecule has 2 aromatic rings. The monoisotopic (exact) mass is 294 g/mol. The maximum Gasteiger partial charge on any atom is 0.0857 e. The number of aromatic nitrogens is 4. The molecule has 2 aromatic heterocycles. The van der Waals surface area contributed by atoms with Crippen LogP contribution in [0.4, 0.5) is 0 Å². The number of hydrazine groups is 1. The smallest absolute Gasteiger partial charge is 0.0857 e. The summed E-state index contributed by atoms with van der Waals surface area (Å²) in [6, 6.07) is 0.0735. The molecule has 0 fully saturated rings. The first-order chi connectivity index (χ1) is 9.41. The third kappa shape index (κ3) is 3.41. The zero-order chi connectivity index (χ0) is 14.8. The van der Waals surface area contributed by atoms with Crippen LogP contribution in [-0.4, -0.2) is 19.4 Å². The molecule has 0 aliphatic carbocycles. The standard InChI is InChI=1S/C13H22N6S/c1-13(2,3)12-11(20-18-17-12)10(16-14)6-5-9-7-15-19(4)8-9/h7-8,10,16H,5-6,14H2,1-4H3. The third-order valence-corrected chi connectivity index (χ3v) is 4.06. The molecular weight excluding hydrogens is 272 g/mol. The van der Waals surface area contributed by atoms with Crippen molar-refractivity contribution in [3.05, 3.63) is 28.5 Å². The van der Waals surface area contributed by atoms with Crippen LogP contribution in [0.25, 0.3) is 0 Å². The number of aryl methyl sites for hydroxylation is 2. The lowest BCUT2D eigenvalue weighted by Crippen LogP contribution is -2.30. The van der Waals surface area contributed by atoms with Gasteiger partial charge < -0.3 is 0 Å². The van der Waals surface area contributed by atoms with Crippen LogP contribution in [0.15, 0.2) is 12.4 Å². The van der Waals surface area contributed by atoms with Crippen molar-refractivity contribution in [3.8, 4) is 0 Å². The van der Waals surface area contributed by atoms with Crippen LogP contribution in [0.3, 0.4) is 0 Å². The molecule has 0 aliphatic rings. The average molecular weight is 294 g/mol. The average Bonchev–Trinajstić information content (AvgIpc) is 2.98. The van der Waals surface area contributed by atoms with Gasteiger partial charge in [0.1, 0.15) is 0 Å². The Balaban J connectivity index is 2.11. The van der Waals surface area contributed by atoms with Gasteiger partial charge in [-0.1, -0.05) is 25.3 Å². The molecule has 0 bridgehead atoms. The number of nitrogens with two attached hydrogens (primary N) is 1. The maximum atomic E-state index is 5.73. The fourth-order valence-corrected chi connectivity index (χ4v) is 3.11. The SMILES string of the molecule is Cn1cc(CCC(NN)c2snnc2C(C)(C)C)cn1. The summed E-state index contributed by atoms with van der Waals surface area (Å²) in [4.78, 5) is 1.13. The Hall–Kier alpha value is -1.31. The first-order valence-corrected chi connectivity index (χ1v) is 7.45. The number of nitrogens with one attached hydrogen (secondary N) is 1. The summed E-state index contributed by atoms with van der Waals surface area (Å²) in [5.41, 5.74) is 5.11. The van der Waals surface area contributed by atoms with E-state index in [0.29, 0.717) is 0 Å². The first-order valence-electron chi connectivity index (χ1n) is 6.68. The van der Waals surface area contributed by atoms with Crippen LogP contribution in [0, 0.1) is 0 Å². The van der Waals surface area contributed by atoms with E-state index in [0.717, 1.165) is 23.4 Å². The topological polar surface area (TPSA) is 81.7 Å². The molecule has 20 heavy (non-hydrogen) atoms. The van der Waals surface area contributed by atoms with E-state index in [1.54, 1.807) is 0 Å². The van der Waals surface area contributed by atoms with Gasteiger partial charge in [-0.05, 0) is 29.9 Å². The highest BCUT2D eigenvalue weighted by Crippen LogP contribution is 2.31. The fourth-order valence-electron chi connectivity index (χ4n) is 2.15. The van der Waals surface area contributed by atoms with Gasteiger partial charge in [0.2, 0.25) is 0 Å². The summed E-state index contributed by atoms with van der Waals surface area (Å²) in [6.07, 6.45) is 5.74. The molecule has 0 spiro atoms. The van der Waals surface area contributed by atoms with Gasteiger partial charge in [-0.25, -0.2) is 0 Å². The van der Waals surface area contributed by atoms with E-state index < -0.39 is 0 Å². The molecule has 7 heteroatoms. The Morgan fingerprint density at radius 2 is 2.20 bits per heavy atom. The summed E-state index contributed by atoms with van der Waals surface area (Å²) >= 11 is 1.43.